The molecule has 2 aromatic heterocycles. The van der Waals surface area contributed by atoms with Crippen molar-refractivity contribution in [2.75, 3.05) is 23.8 Å². The third-order valence-corrected chi connectivity index (χ3v) is 5.90. The number of anilines is 2. The quantitative estimate of drug-likeness (QED) is 0.303. The van der Waals surface area contributed by atoms with E-state index in [0.717, 1.165) is 19.6 Å². The molecule has 2 aromatic carbocycles. The molecular weight excluding hydrogens is 504 g/mol. The van der Waals surface area contributed by atoms with E-state index in [1.807, 2.05) is 19.9 Å². The minimum Gasteiger partial charge on any atom is -0.454 e. The van der Waals surface area contributed by atoms with Crippen LogP contribution in [-0.4, -0.2) is 44.1 Å². The molecule has 0 unspecified atom stereocenters. The number of amides is 1. The number of nitrogen functional groups attached to an aromatic ring is 1. The van der Waals surface area contributed by atoms with E-state index in [4.69, 9.17) is 10.5 Å². The first-order valence-electron chi connectivity index (χ1n) is 12.2. The van der Waals surface area contributed by atoms with Gasteiger partial charge < -0.3 is 15.4 Å². The van der Waals surface area contributed by atoms with Crippen LogP contribution in [0.1, 0.15) is 19.4 Å². The lowest BCUT2D eigenvalue weighted by Crippen LogP contribution is -2.44. The Morgan fingerprint density at radius 1 is 1.05 bits per heavy atom. The lowest BCUT2D eigenvalue weighted by molar-refractivity contribution is -0.148. The zero-order valence-electron chi connectivity index (χ0n) is 21.5. The highest BCUT2D eigenvalue weighted by molar-refractivity contribution is 5.97. The summed E-state index contributed by atoms with van der Waals surface area (Å²) in [5.74, 6) is -1.85. The van der Waals surface area contributed by atoms with Crippen LogP contribution in [0.25, 0.3) is 10.9 Å². The van der Waals surface area contributed by atoms with Gasteiger partial charge in [-0.1, -0.05) is 56.3 Å². The molecule has 4 rings (SSSR count). The molecule has 39 heavy (non-hydrogen) atoms. The van der Waals surface area contributed by atoms with Crippen LogP contribution in [0.3, 0.4) is 0 Å². The number of aromatic amines is 1. The van der Waals surface area contributed by atoms with Crippen molar-refractivity contribution in [2.24, 2.45) is 5.92 Å². The summed E-state index contributed by atoms with van der Waals surface area (Å²) in [6, 6.07) is 15.7. The molecule has 202 valence electrons. The smallest absolute Gasteiger partial charge is 0.330 e. The van der Waals surface area contributed by atoms with Crippen molar-refractivity contribution < 1.29 is 14.3 Å². The number of nitrogens with two attached hydrogens (primary N) is 1. The van der Waals surface area contributed by atoms with Gasteiger partial charge in [0.15, 0.2) is 12.3 Å². The Balaban J connectivity index is 1.55. The highest BCUT2D eigenvalue weighted by Gasteiger charge is 2.26. The normalized spacial score (nSPS) is 11.1. The van der Waals surface area contributed by atoms with Crippen LogP contribution in [0, 0.1) is 5.92 Å². The molecule has 0 saturated heterocycles. The highest BCUT2D eigenvalue weighted by atomic mass is 16.5. The zero-order valence-corrected chi connectivity index (χ0v) is 21.5. The first kappa shape index (κ1) is 27.0. The topological polar surface area (TPSA) is 162 Å². The van der Waals surface area contributed by atoms with Gasteiger partial charge in [0, 0.05) is 6.54 Å². The van der Waals surface area contributed by atoms with Crippen LogP contribution in [0.4, 0.5) is 11.5 Å². The molecule has 0 aliphatic heterocycles. The van der Waals surface area contributed by atoms with E-state index >= 15 is 0 Å². The summed E-state index contributed by atoms with van der Waals surface area (Å²) in [5.41, 5.74) is 5.32. The van der Waals surface area contributed by atoms with E-state index in [9.17, 15) is 24.0 Å². The monoisotopic (exact) mass is 532 g/mol. The number of H-pyrrole nitrogens is 1. The Morgan fingerprint density at radius 3 is 2.46 bits per heavy atom. The largest absolute Gasteiger partial charge is 0.454 e. The molecule has 4 aromatic rings. The molecule has 12 nitrogen and oxygen atoms in total. The Labute approximate surface area is 222 Å². The number of nitrogens with zero attached hydrogens (tertiary/aromatic N) is 4. The molecular formula is C27H28N6O6. The summed E-state index contributed by atoms with van der Waals surface area (Å²) in [4.78, 5) is 71.2. The summed E-state index contributed by atoms with van der Waals surface area (Å²) < 4.78 is 7.40. The Bertz CT molecular complexity index is 1690. The van der Waals surface area contributed by atoms with Crippen LogP contribution in [0.15, 0.2) is 75.3 Å². The molecule has 0 aliphatic carbocycles. The third kappa shape index (κ3) is 6.12. The van der Waals surface area contributed by atoms with Gasteiger partial charge in [0.05, 0.1) is 23.8 Å². The van der Waals surface area contributed by atoms with Crippen LogP contribution in [-0.2, 0) is 27.4 Å². The van der Waals surface area contributed by atoms with Gasteiger partial charge in [-0.2, -0.15) is 0 Å². The van der Waals surface area contributed by atoms with Gasteiger partial charge in [-0.25, -0.2) is 9.78 Å². The summed E-state index contributed by atoms with van der Waals surface area (Å²) in [5, 5.41) is 0.340. The van der Waals surface area contributed by atoms with Crippen LogP contribution in [0.2, 0.25) is 0 Å². The summed E-state index contributed by atoms with van der Waals surface area (Å²) in [6.45, 7) is 2.63. The minimum atomic E-state index is -0.844. The zero-order chi connectivity index (χ0) is 28.1. The van der Waals surface area contributed by atoms with Crippen LogP contribution in [0.5, 0.6) is 0 Å². The van der Waals surface area contributed by atoms with E-state index in [2.05, 4.69) is 9.97 Å². The number of nitrogens with one attached hydrogen (secondary N) is 1. The predicted molar refractivity (Wildman–Crippen MR) is 145 cm³/mol. The lowest BCUT2D eigenvalue weighted by atomic mass is 10.2. The Kier molecular flexibility index (Phi) is 8.04. The first-order chi connectivity index (χ1) is 18.7. The molecule has 3 N–H and O–H groups in total. The number of benzene rings is 2. The number of rotatable bonds is 9. The van der Waals surface area contributed by atoms with E-state index in [1.165, 1.54) is 6.33 Å². The van der Waals surface area contributed by atoms with Gasteiger partial charge in [0.1, 0.15) is 12.4 Å². The van der Waals surface area contributed by atoms with Crippen molar-refractivity contribution in [3.8, 4) is 0 Å². The number of esters is 1. The van der Waals surface area contributed by atoms with E-state index in [-0.39, 0.29) is 30.5 Å². The fourth-order valence-corrected chi connectivity index (χ4v) is 4.07. The standard InChI is InChI=1S/C27H28N6O6/c1-17(2)12-32(23-24(28)33(27(38)30-25(23)36)13-18-8-4-3-5-9-18)21(34)15-39-22(35)14-31-16-29-20-11-7-6-10-19(20)26(31)37/h3-11,16-17H,12-15,28H2,1-2H3,(H,30,36,38). The van der Waals surface area contributed by atoms with Crippen molar-refractivity contribution in [1.29, 1.82) is 0 Å². The average Bonchev–Trinajstić information content (AvgIpc) is 2.91. The van der Waals surface area contributed by atoms with Crippen molar-refractivity contribution in [3.63, 3.8) is 0 Å². The molecule has 0 saturated carbocycles. The number of carbonyl (C=O) groups excluding carboxylic acids is 2. The van der Waals surface area contributed by atoms with Gasteiger partial charge in [-0.05, 0) is 23.6 Å². The molecule has 12 heteroatoms. The second-order valence-corrected chi connectivity index (χ2v) is 9.32. The molecule has 0 fully saturated rings. The number of fused-ring (bicyclic) bond motifs is 1. The lowest BCUT2D eigenvalue weighted by Gasteiger charge is -2.26. The third-order valence-electron chi connectivity index (χ3n) is 5.90. The van der Waals surface area contributed by atoms with Gasteiger partial charge >= 0.3 is 11.7 Å². The van der Waals surface area contributed by atoms with E-state index in [1.54, 1.807) is 48.5 Å². The van der Waals surface area contributed by atoms with Crippen molar-refractivity contribution in [2.45, 2.75) is 26.9 Å². The number of aromatic nitrogens is 4. The number of para-hydroxylation sites is 1. The molecule has 2 heterocycles. The van der Waals surface area contributed by atoms with Crippen molar-refractivity contribution >= 4 is 34.3 Å². The summed E-state index contributed by atoms with van der Waals surface area (Å²) in [6.07, 6.45) is 1.23. The number of hydrogen-bond donors (Lipinski definition) is 2. The minimum absolute atomic E-state index is 0.0707. The SMILES string of the molecule is CC(C)CN(C(=O)COC(=O)Cn1cnc2ccccc2c1=O)c1c(N)n(Cc2ccccc2)c(=O)[nH]c1=O. The first-order valence-corrected chi connectivity index (χ1v) is 12.2. The van der Waals surface area contributed by atoms with E-state index in [0.29, 0.717) is 10.9 Å². The maximum atomic E-state index is 13.2. The fraction of sp³-hybridized carbons (Fsp3) is 0.259. The molecule has 0 aliphatic rings. The van der Waals surface area contributed by atoms with Crippen LogP contribution >= 0.6 is 0 Å². The molecule has 0 spiro atoms. The number of carbonyl (C=O) groups is 2. The van der Waals surface area contributed by atoms with Crippen LogP contribution < -0.4 is 27.4 Å². The van der Waals surface area contributed by atoms with Gasteiger partial charge in [0.25, 0.3) is 17.0 Å². The Morgan fingerprint density at radius 2 is 1.74 bits per heavy atom. The second-order valence-electron chi connectivity index (χ2n) is 9.32. The second kappa shape index (κ2) is 11.6. The van der Waals surface area contributed by atoms with Gasteiger partial charge in [-0.15, -0.1) is 0 Å². The fourth-order valence-electron chi connectivity index (χ4n) is 4.07. The average molecular weight is 533 g/mol. The van der Waals surface area contributed by atoms with Crippen molar-refractivity contribution in [1.82, 2.24) is 19.1 Å². The number of hydrogen-bond acceptors (Lipinski definition) is 8. The molecule has 0 bridgehead atoms. The molecule has 0 radical (unpaired) electrons. The number of ether oxygens (including phenoxy) is 1. The van der Waals surface area contributed by atoms with Gasteiger partial charge in [0.2, 0.25) is 0 Å². The van der Waals surface area contributed by atoms with Crippen molar-refractivity contribution in [3.05, 3.63) is 97.7 Å². The molecule has 0 atom stereocenters. The maximum absolute atomic E-state index is 13.2. The van der Waals surface area contributed by atoms with E-state index < -0.39 is 41.8 Å². The summed E-state index contributed by atoms with van der Waals surface area (Å²) in [7, 11) is 0. The summed E-state index contributed by atoms with van der Waals surface area (Å²) >= 11 is 0. The predicted octanol–water partition coefficient (Wildman–Crippen LogP) is 1.11. The Hall–Kier alpha value is -5.00. The maximum Gasteiger partial charge on any atom is 0.330 e. The van der Waals surface area contributed by atoms with Gasteiger partial charge in [-0.3, -0.25) is 33.3 Å². The molecule has 1 amide bonds. The highest BCUT2D eigenvalue weighted by Crippen LogP contribution is 2.19.